The largest absolute Gasteiger partial charge is 0.378 e. The summed E-state index contributed by atoms with van der Waals surface area (Å²) in [6.45, 7) is 2.63. The maximum atomic E-state index is 12.2. The number of aryl methyl sites for hydroxylation is 1. The fourth-order valence-corrected chi connectivity index (χ4v) is 3.29. The van der Waals surface area contributed by atoms with Gasteiger partial charge in [-0.15, -0.1) is 11.3 Å². The van der Waals surface area contributed by atoms with Gasteiger partial charge >= 0.3 is 0 Å². The summed E-state index contributed by atoms with van der Waals surface area (Å²) in [7, 11) is 3.96. The van der Waals surface area contributed by atoms with Gasteiger partial charge in [-0.25, -0.2) is 4.98 Å². The van der Waals surface area contributed by atoms with Crippen LogP contribution in [0.25, 0.3) is 11.3 Å². The zero-order chi connectivity index (χ0) is 18.5. The molecule has 0 atom stereocenters. The van der Waals surface area contributed by atoms with Crippen molar-refractivity contribution in [2.45, 2.75) is 13.3 Å². The van der Waals surface area contributed by atoms with Crippen LogP contribution >= 0.6 is 11.3 Å². The standard InChI is InChI=1S/C21H23N3OS/c1-15-23-20(14-26-15)17-6-4-16(5-7-17)12-13-22-21(25)18-8-10-19(11-9-18)24(2)3/h4-11,14H,12-13H2,1-3H3,(H,22,25). The average Bonchev–Trinajstić information content (AvgIpc) is 3.08. The van der Waals surface area contributed by atoms with E-state index in [1.54, 1.807) is 11.3 Å². The van der Waals surface area contributed by atoms with E-state index in [4.69, 9.17) is 0 Å². The van der Waals surface area contributed by atoms with Gasteiger partial charge in [0.05, 0.1) is 10.7 Å². The highest BCUT2D eigenvalue weighted by Crippen LogP contribution is 2.21. The van der Waals surface area contributed by atoms with Gasteiger partial charge < -0.3 is 10.2 Å². The number of aromatic nitrogens is 1. The number of anilines is 1. The zero-order valence-corrected chi connectivity index (χ0v) is 16.1. The van der Waals surface area contributed by atoms with Crippen LogP contribution in [0.5, 0.6) is 0 Å². The lowest BCUT2D eigenvalue weighted by Gasteiger charge is -2.12. The Kier molecular flexibility index (Phi) is 5.68. The summed E-state index contributed by atoms with van der Waals surface area (Å²) < 4.78 is 0. The molecule has 1 heterocycles. The van der Waals surface area contributed by atoms with Crippen LogP contribution in [0.2, 0.25) is 0 Å². The van der Waals surface area contributed by atoms with Crippen molar-refractivity contribution >= 4 is 22.9 Å². The predicted molar refractivity (Wildman–Crippen MR) is 109 cm³/mol. The number of thiazole rings is 1. The molecule has 0 radical (unpaired) electrons. The minimum atomic E-state index is -0.0372. The molecule has 26 heavy (non-hydrogen) atoms. The fourth-order valence-electron chi connectivity index (χ4n) is 2.67. The van der Waals surface area contributed by atoms with Gasteiger partial charge in [-0.2, -0.15) is 0 Å². The van der Waals surface area contributed by atoms with Crippen molar-refractivity contribution in [1.29, 1.82) is 0 Å². The van der Waals surface area contributed by atoms with Crippen LogP contribution in [0.4, 0.5) is 5.69 Å². The van der Waals surface area contributed by atoms with Gasteiger partial charge in [0.1, 0.15) is 0 Å². The molecule has 3 rings (SSSR count). The lowest BCUT2D eigenvalue weighted by Crippen LogP contribution is -2.25. The van der Waals surface area contributed by atoms with Crippen molar-refractivity contribution < 1.29 is 4.79 Å². The van der Waals surface area contributed by atoms with Crippen LogP contribution in [0.3, 0.4) is 0 Å². The first-order valence-corrected chi connectivity index (χ1v) is 9.48. The van der Waals surface area contributed by atoms with Crippen molar-refractivity contribution in [3.63, 3.8) is 0 Å². The Labute approximate surface area is 158 Å². The molecule has 0 bridgehead atoms. The van der Waals surface area contributed by atoms with E-state index in [9.17, 15) is 4.79 Å². The second-order valence-corrected chi connectivity index (χ2v) is 7.46. The van der Waals surface area contributed by atoms with Crippen LogP contribution in [0.15, 0.2) is 53.9 Å². The smallest absolute Gasteiger partial charge is 0.251 e. The van der Waals surface area contributed by atoms with Crippen LogP contribution in [0.1, 0.15) is 20.9 Å². The molecule has 0 aliphatic heterocycles. The van der Waals surface area contributed by atoms with E-state index in [-0.39, 0.29) is 5.91 Å². The minimum Gasteiger partial charge on any atom is -0.378 e. The number of carbonyl (C=O) groups is 1. The zero-order valence-electron chi connectivity index (χ0n) is 15.3. The van der Waals surface area contributed by atoms with Crippen molar-refractivity contribution in [3.05, 3.63) is 70.0 Å². The third-order valence-corrected chi connectivity index (χ3v) is 4.99. The number of nitrogens with zero attached hydrogens (tertiary/aromatic N) is 2. The monoisotopic (exact) mass is 365 g/mol. The molecule has 3 aromatic rings. The molecule has 5 heteroatoms. The Morgan fingerprint density at radius 3 is 2.35 bits per heavy atom. The van der Waals surface area contributed by atoms with Gasteiger partial charge in [-0.05, 0) is 43.2 Å². The van der Waals surface area contributed by atoms with Gasteiger partial charge in [-0.3, -0.25) is 4.79 Å². The molecule has 0 fully saturated rings. The summed E-state index contributed by atoms with van der Waals surface area (Å²) in [5, 5.41) is 6.13. The first-order valence-electron chi connectivity index (χ1n) is 8.60. The Balaban J connectivity index is 1.52. The number of rotatable bonds is 6. The molecule has 2 aromatic carbocycles. The Bertz CT molecular complexity index is 867. The molecule has 134 valence electrons. The lowest BCUT2D eigenvalue weighted by molar-refractivity contribution is 0.0954. The molecule has 4 nitrogen and oxygen atoms in total. The molecule has 1 amide bonds. The number of hydrogen-bond donors (Lipinski definition) is 1. The molecule has 1 N–H and O–H groups in total. The summed E-state index contributed by atoms with van der Waals surface area (Å²) in [5.74, 6) is -0.0372. The highest BCUT2D eigenvalue weighted by molar-refractivity contribution is 7.09. The molecule has 1 aromatic heterocycles. The average molecular weight is 366 g/mol. The maximum Gasteiger partial charge on any atom is 0.251 e. The van der Waals surface area contributed by atoms with Crippen LogP contribution in [0, 0.1) is 6.92 Å². The Morgan fingerprint density at radius 1 is 1.08 bits per heavy atom. The highest BCUT2D eigenvalue weighted by atomic mass is 32.1. The van der Waals surface area contributed by atoms with Gasteiger partial charge in [0.2, 0.25) is 0 Å². The third-order valence-electron chi connectivity index (χ3n) is 4.21. The molecule has 0 spiro atoms. The fraction of sp³-hybridized carbons (Fsp3) is 0.238. The molecule has 0 saturated heterocycles. The summed E-state index contributed by atoms with van der Waals surface area (Å²) in [5.41, 5.74) is 5.11. The van der Waals surface area contributed by atoms with E-state index in [0.29, 0.717) is 12.1 Å². The van der Waals surface area contributed by atoms with Crippen LogP contribution in [-0.2, 0) is 6.42 Å². The number of carbonyl (C=O) groups excluding carboxylic acids is 1. The van der Waals surface area contributed by atoms with Crippen molar-refractivity contribution in [2.75, 3.05) is 25.5 Å². The second-order valence-electron chi connectivity index (χ2n) is 6.40. The van der Waals surface area contributed by atoms with E-state index in [1.807, 2.05) is 50.2 Å². The van der Waals surface area contributed by atoms with Gasteiger partial charge in [-0.1, -0.05) is 24.3 Å². The summed E-state index contributed by atoms with van der Waals surface area (Å²) in [6.07, 6.45) is 0.803. The summed E-state index contributed by atoms with van der Waals surface area (Å²) >= 11 is 1.66. The second kappa shape index (κ2) is 8.15. The summed E-state index contributed by atoms with van der Waals surface area (Å²) in [4.78, 5) is 18.7. The number of benzene rings is 2. The Hall–Kier alpha value is -2.66. The topological polar surface area (TPSA) is 45.2 Å². The highest BCUT2D eigenvalue weighted by Gasteiger charge is 2.06. The molecular formula is C21H23N3OS. The Morgan fingerprint density at radius 2 is 1.77 bits per heavy atom. The van der Waals surface area contributed by atoms with Gasteiger partial charge in [0.15, 0.2) is 0 Å². The lowest BCUT2D eigenvalue weighted by atomic mass is 10.1. The van der Waals surface area contributed by atoms with Crippen LogP contribution in [-0.4, -0.2) is 31.5 Å². The predicted octanol–water partition coefficient (Wildman–Crippen LogP) is 4.16. The first-order chi connectivity index (χ1) is 12.5. The molecule has 0 saturated carbocycles. The number of amides is 1. The van der Waals surface area contributed by atoms with E-state index >= 15 is 0 Å². The van der Waals surface area contributed by atoms with E-state index in [0.717, 1.165) is 28.4 Å². The molecule has 0 aliphatic carbocycles. The number of hydrogen-bond acceptors (Lipinski definition) is 4. The van der Waals surface area contributed by atoms with E-state index in [1.165, 1.54) is 5.56 Å². The number of nitrogens with one attached hydrogen (secondary N) is 1. The van der Waals surface area contributed by atoms with Crippen molar-refractivity contribution in [1.82, 2.24) is 10.3 Å². The maximum absolute atomic E-state index is 12.2. The van der Waals surface area contributed by atoms with Crippen molar-refractivity contribution in [3.8, 4) is 11.3 Å². The first kappa shape index (κ1) is 18.1. The molecule has 0 aliphatic rings. The van der Waals surface area contributed by atoms with E-state index in [2.05, 4.69) is 39.9 Å². The third kappa shape index (κ3) is 4.49. The van der Waals surface area contributed by atoms with Gasteiger partial charge in [0, 0.05) is 42.8 Å². The van der Waals surface area contributed by atoms with Crippen molar-refractivity contribution in [2.24, 2.45) is 0 Å². The quantitative estimate of drug-likeness (QED) is 0.713. The SMILES string of the molecule is Cc1nc(-c2ccc(CCNC(=O)c3ccc(N(C)C)cc3)cc2)cs1. The van der Waals surface area contributed by atoms with Crippen LogP contribution < -0.4 is 10.2 Å². The van der Waals surface area contributed by atoms with Gasteiger partial charge in [0.25, 0.3) is 5.91 Å². The molecule has 0 unspecified atom stereocenters. The minimum absolute atomic E-state index is 0.0372. The molecular weight excluding hydrogens is 342 g/mol. The summed E-state index contributed by atoms with van der Waals surface area (Å²) in [6, 6.07) is 16.0. The normalized spacial score (nSPS) is 10.6. The van der Waals surface area contributed by atoms with E-state index < -0.39 is 0 Å².